The number of nitrogens with one attached hydrogen (secondary N) is 1. The van der Waals surface area contributed by atoms with Crippen molar-refractivity contribution in [3.8, 4) is 11.8 Å². The number of anilines is 1. The molecule has 0 radical (unpaired) electrons. The van der Waals surface area contributed by atoms with E-state index in [0.29, 0.717) is 20.7 Å². The van der Waals surface area contributed by atoms with E-state index in [0.717, 1.165) is 5.56 Å². The predicted molar refractivity (Wildman–Crippen MR) is 127 cm³/mol. The van der Waals surface area contributed by atoms with E-state index in [4.69, 9.17) is 15.8 Å². The van der Waals surface area contributed by atoms with E-state index in [-0.39, 0.29) is 16.2 Å². The molecule has 0 unspecified atom stereocenters. The minimum atomic E-state index is -4.07. The van der Waals surface area contributed by atoms with Crippen molar-refractivity contribution in [2.75, 3.05) is 5.32 Å². The number of amides is 1. The maximum atomic E-state index is 12.5. The highest BCUT2D eigenvalue weighted by molar-refractivity contribution is 9.10. The second-order valence-electron chi connectivity index (χ2n) is 6.67. The van der Waals surface area contributed by atoms with Gasteiger partial charge in [0.25, 0.3) is 5.91 Å². The zero-order valence-electron chi connectivity index (χ0n) is 16.7. The van der Waals surface area contributed by atoms with E-state index in [9.17, 15) is 18.5 Å². The molecule has 0 saturated heterocycles. The molecule has 0 spiro atoms. The smallest absolute Gasteiger partial charge is 0.339 e. The standard InChI is InChI=1S/C23H16BrClN2O4S/c1-15-3-2-4-19(11-15)27-23(28)17(14-26)12-16-5-10-22(21(24)13-16)31-32(29,30)20-8-6-18(25)7-9-20/h2-13H,1H3,(H,27,28)/b17-12+. The molecular formula is C23H16BrClN2O4S. The van der Waals surface area contributed by atoms with Gasteiger partial charge in [0.05, 0.1) is 4.47 Å². The number of nitriles is 1. The number of hydrogen-bond donors (Lipinski definition) is 1. The van der Waals surface area contributed by atoms with Crippen molar-refractivity contribution in [2.24, 2.45) is 0 Å². The van der Waals surface area contributed by atoms with Crippen molar-refractivity contribution in [3.05, 3.63) is 92.9 Å². The molecule has 1 N–H and O–H groups in total. The Bertz CT molecular complexity index is 1350. The molecule has 0 heterocycles. The highest BCUT2D eigenvalue weighted by atomic mass is 79.9. The van der Waals surface area contributed by atoms with Crippen LogP contribution >= 0.6 is 27.5 Å². The zero-order valence-corrected chi connectivity index (χ0v) is 19.8. The van der Waals surface area contributed by atoms with Crippen molar-refractivity contribution < 1.29 is 17.4 Å². The lowest BCUT2D eigenvalue weighted by Crippen LogP contribution is -2.13. The first-order valence-corrected chi connectivity index (χ1v) is 11.8. The van der Waals surface area contributed by atoms with Gasteiger partial charge >= 0.3 is 10.1 Å². The number of nitrogens with zero attached hydrogens (tertiary/aromatic N) is 1. The third kappa shape index (κ3) is 5.98. The minimum absolute atomic E-state index is 0.0441. The topological polar surface area (TPSA) is 96.3 Å². The Balaban J connectivity index is 1.80. The average Bonchev–Trinajstić information content (AvgIpc) is 2.74. The first-order chi connectivity index (χ1) is 15.2. The molecule has 3 aromatic carbocycles. The van der Waals surface area contributed by atoms with Gasteiger partial charge in [0.2, 0.25) is 0 Å². The second kappa shape index (κ2) is 10.0. The molecule has 0 aliphatic heterocycles. The van der Waals surface area contributed by atoms with Gasteiger partial charge in [0.15, 0.2) is 5.75 Å². The van der Waals surface area contributed by atoms with E-state index in [1.165, 1.54) is 42.5 Å². The molecule has 3 aromatic rings. The summed E-state index contributed by atoms with van der Waals surface area (Å²) in [5.41, 5.74) is 1.94. The van der Waals surface area contributed by atoms with Crippen LogP contribution in [-0.2, 0) is 14.9 Å². The molecule has 0 atom stereocenters. The maximum absolute atomic E-state index is 12.5. The molecule has 3 rings (SSSR count). The van der Waals surface area contributed by atoms with Gasteiger partial charge in [-0.2, -0.15) is 13.7 Å². The first-order valence-electron chi connectivity index (χ1n) is 9.17. The van der Waals surface area contributed by atoms with Crippen molar-refractivity contribution in [1.82, 2.24) is 0 Å². The summed E-state index contributed by atoms with van der Waals surface area (Å²) >= 11 is 9.06. The number of carbonyl (C=O) groups is 1. The van der Waals surface area contributed by atoms with Crippen LogP contribution in [0, 0.1) is 18.3 Å². The molecule has 1 amide bonds. The van der Waals surface area contributed by atoms with Gasteiger partial charge in [-0.3, -0.25) is 4.79 Å². The minimum Gasteiger partial charge on any atom is -0.378 e. The van der Waals surface area contributed by atoms with Crippen molar-refractivity contribution in [2.45, 2.75) is 11.8 Å². The van der Waals surface area contributed by atoms with Gasteiger partial charge in [-0.15, -0.1) is 0 Å². The summed E-state index contributed by atoms with van der Waals surface area (Å²) in [4.78, 5) is 12.4. The summed E-state index contributed by atoms with van der Waals surface area (Å²) in [5.74, 6) is -0.500. The number of carbonyl (C=O) groups excluding carboxylic acids is 1. The molecule has 0 aliphatic carbocycles. The first kappa shape index (κ1) is 23.5. The summed E-state index contributed by atoms with van der Waals surface area (Å²) < 4.78 is 30.5. The lowest BCUT2D eigenvalue weighted by Gasteiger charge is -2.10. The van der Waals surface area contributed by atoms with Gasteiger partial charge in [-0.05, 0) is 88.6 Å². The van der Waals surface area contributed by atoms with Gasteiger partial charge in [0.1, 0.15) is 16.5 Å². The van der Waals surface area contributed by atoms with Gasteiger partial charge < -0.3 is 9.50 Å². The average molecular weight is 532 g/mol. The fourth-order valence-corrected chi connectivity index (χ4v) is 4.34. The molecule has 0 saturated carbocycles. The SMILES string of the molecule is Cc1cccc(NC(=O)/C(C#N)=C/c2ccc(OS(=O)(=O)c3ccc(Cl)cc3)c(Br)c2)c1. The van der Waals surface area contributed by atoms with Crippen LogP contribution in [0.2, 0.25) is 5.02 Å². The van der Waals surface area contributed by atoms with Gasteiger partial charge in [-0.25, -0.2) is 0 Å². The van der Waals surface area contributed by atoms with Crippen LogP contribution in [0.5, 0.6) is 5.75 Å². The van der Waals surface area contributed by atoms with Crippen LogP contribution in [0.1, 0.15) is 11.1 Å². The second-order valence-corrected chi connectivity index (χ2v) is 9.51. The highest BCUT2D eigenvalue weighted by Crippen LogP contribution is 2.30. The molecule has 162 valence electrons. The van der Waals surface area contributed by atoms with E-state index in [1.807, 2.05) is 19.1 Å². The molecule has 0 aromatic heterocycles. The molecular weight excluding hydrogens is 516 g/mol. The summed E-state index contributed by atoms with van der Waals surface area (Å²) in [7, 11) is -4.07. The number of rotatable bonds is 6. The van der Waals surface area contributed by atoms with Crippen LogP contribution in [0.15, 0.2) is 81.7 Å². The largest absolute Gasteiger partial charge is 0.378 e. The molecule has 0 bridgehead atoms. The van der Waals surface area contributed by atoms with E-state index in [1.54, 1.807) is 24.3 Å². The van der Waals surface area contributed by atoms with E-state index >= 15 is 0 Å². The number of hydrogen-bond acceptors (Lipinski definition) is 5. The molecule has 6 nitrogen and oxygen atoms in total. The Morgan fingerprint density at radius 2 is 1.84 bits per heavy atom. The fraction of sp³-hybridized carbons (Fsp3) is 0.0435. The number of aryl methyl sites for hydroxylation is 1. The normalized spacial score (nSPS) is 11.5. The monoisotopic (exact) mass is 530 g/mol. The van der Waals surface area contributed by atoms with Crippen LogP contribution < -0.4 is 9.50 Å². The van der Waals surface area contributed by atoms with Crippen molar-refractivity contribution >= 4 is 55.3 Å². The Labute approximate surface area is 199 Å². The predicted octanol–water partition coefficient (Wildman–Crippen LogP) is 5.72. The van der Waals surface area contributed by atoms with E-state index < -0.39 is 16.0 Å². The van der Waals surface area contributed by atoms with Gasteiger partial charge in [0, 0.05) is 10.7 Å². The zero-order chi connectivity index (χ0) is 23.3. The molecule has 0 aliphatic rings. The van der Waals surface area contributed by atoms with Crippen LogP contribution in [0.4, 0.5) is 5.69 Å². The Morgan fingerprint density at radius 1 is 1.12 bits per heavy atom. The maximum Gasteiger partial charge on any atom is 0.339 e. The summed E-state index contributed by atoms with van der Waals surface area (Å²) in [6, 6.07) is 19.2. The third-order valence-electron chi connectivity index (χ3n) is 4.21. The summed E-state index contributed by atoms with van der Waals surface area (Å²) in [6.45, 7) is 1.89. The quantitative estimate of drug-likeness (QED) is 0.249. The highest BCUT2D eigenvalue weighted by Gasteiger charge is 2.18. The summed E-state index contributed by atoms with van der Waals surface area (Å²) in [6.07, 6.45) is 1.40. The number of halogens is 2. The Morgan fingerprint density at radius 3 is 2.47 bits per heavy atom. The van der Waals surface area contributed by atoms with Crippen LogP contribution in [-0.4, -0.2) is 14.3 Å². The van der Waals surface area contributed by atoms with E-state index in [2.05, 4.69) is 21.2 Å². The van der Waals surface area contributed by atoms with Crippen molar-refractivity contribution in [3.63, 3.8) is 0 Å². The van der Waals surface area contributed by atoms with Crippen molar-refractivity contribution in [1.29, 1.82) is 5.26 Å². The van der Waals surface area contributed by atoms with Crippen LogP contribution in [0.25, 0.3) is 6.08 Å². The Kier molecular flexibility index (Phi) is 7.36. The lowest BCUT2D eigenvalue weighted by molar-refractivity contribution is -0.112. The lowest BCUT2D eigenvalue weighted by atomic mass is 10.1. The number of benzene rings is 3. The Hall–Kier alpha value is -3.12. The molecule has 9 heteroatoms. The third-order valence-corrected chi connectivity index (χ3v) is 6.33. The van der Waals surface area contributed by atoms with Crippen LogP contribution in [0.3, 0.4) is 0 Å². The molecule has 0 fully saturated rings. The summed E-state index contributed by atoms with van der Waals surface area (Å²) in [5, 5.41) is 12.5. The molecule has 32 heavy (non-hydrogen) atoms. The fourth-order valence-electron chi connectivity index (χ4n) is 2.68. The van der Waals surface area contributed by atoms with Gasteiger partial charge in [-0.1, -0.05) is 29.8 Å².